The van der Waals surface area contributed by atoms with E-state index in [1.807, 2.05) is 37.3 Å². The van der Waals surface area contributed by atoms with E-state index < -0.39 is 5.97 Å². The fourth-order valence-electron chi connectivity index (χ4n) is 3.06. The monoisotopic (exact) mass is 357 g/mol. The number of ether oxygens (including phenoxy) is 1. The van der Waals surface area contributed by atoms with Gasteiger partial charge >= 0.3 is 5.97 Å². The fourth-order valence-corrected chi connectivity index (χ4v) is 4.16. The summed E-state index contributed by atoms with van der Waals surface area (Å²) in [5, 5.41) is 2.79. The molecule has 25 heavy (non-hydrogen) atoms. The molecule has 1 N–H and O–H groups in total. The van der Waals surface area contributed by atoms with Crippen LogP contribution in [-0.2, 0) is 28.9 Å². The molecule has 1 aliphatic rings. The second-order valence-electron chi connectivity index (χ2n) is 6.69. The third-order valence-corrected chi connectivity index (χ3v) is 5.82. The van der Waals surface area contributed by atoms with Gasteiger partial charge in [0.05, 0.1) is 0 Å². The minimum absolute atomic E-state index is 0.246. The molecule has 1 atom stereocenters. The number of fused-ring (bicyclic) bond motifs is 1. The largest absolute Gasteiger partial charge is 0.451 e. The van der Waals surface area contributed by atoms with Gasteiger partial charge in [0.15, 0.2) is 6.61 Å². The molecule has 0 radical (unpaired) electrons. The maximum atomic E-state index is 12.2. The zero-order chi connectivity index (χ0) is 17.8. The predicted molar refractivity (Wildman–Crippen MR) is 98.8 cm³/mol. The Morgan fingerprint density at radius 1 is 1.32 bits per heavy atom. The first kappa shape index (κ1) is 17.7. The van der Waals surface area contributed by atoms with Crippen molar-refractivity contribution in [3.8, 4) is 0 Å². The van der Waals surface area contributed by atoms with Gasteiger partial charge in [-0.1, -0.05) is 31.2 Å². The Hall–Kier alpha value is -2.14. The van der Waals surface area contributed by atoms with Crippen molar-refractivity contribution < 1.29 is 14.3 Å². The summed E-state index contributed by atoms with van der Waals surface area (Å²) in [5.74, 6) is -0.0252. The number of esters is 1. The quantitative estimate of drug-likeness (QED) is 0.831. The van der Waals surface area contributed by atoms with E-state index in [-0.39, 0.29) is 12.5 Å². The van der Waals surface area contributed by atoms with Gasteiger partial charge in [-0.15, -0.1) is 11.3 Å². The second-order valence-corrected chi connectivity index (χ2v) is 7.82. The number of hydrogen-bond acceptors (Lipinski definition) is 4. The van der Waals surface area contributed by atoms with E-state index in [9.17, 15) is 9.59 Å². The van der Waals surface area contributed by atoms with Crippen LogP contribution < -0.4 is 5.32 Å². The number of hydrogen-bond donors (Lipinski definition) is 1. The van der Waals surface area contributed by atoms with Crippen LogP contribution in [0.5, 0.6) is 0 Å². The Kier molecular flexibility index (Phi) is 5.53. The third-order valence-electron chi connectivity index (χ3n) is 4.60. The maximum absolute atomic E-state index is 12.2. The Balaban J connectivity index is 1.49. The number of benzene rings is 1. The van der Waals surface area contributed by atoms with Crippen LogP contribution >= 0.6 is 11.3 Å². The highest BCUT2D eigenvalue weighted by molar-refractivity contribution is 7.14. The van der Waals surface area contributed by atoms with Crippen LogP contribution in [0.25, 0.3) is 0 Å². The first-order valence-corrected chi connectivity index (χ1v) is 9.44. The second kappa shape index (κ2) is 7.83. The molecule has 1 aliphatic carbocycles. The molecular weight excluding hydrogens is 334 g/mol. The number of rotatable bonds is 5. The van der Waals surface area contributed by atoms with E-state index in [1.54, 1.807) is 0 Å². The predicted octanol–water partition coefficient (Wildman–Crippen LogP) is 3.65. The summed E-state index contributed by atoms with van der Waals surface area (Å²) < 4.78 is 5.17. The summed E-state index contributed by atoms with van der Waals surface area (Å²) in [6.07, 6.45) is 3.23. The topological polar surface area (TPSA) is 55.4 Å². The first-order valence-electron chi connectivity index (χ1n) is 8.63. The van der Waals surface area contributed by atoms with Crippen molar-refractivity contribution in [2.75, 3.05) is 6.61 Å². The Labute approximate surface area is 152 Å². The van der Waals surface area contributed by atoms with Crippen LogP contribution in [0.1, 0.15) is 44.6 Å². The molecule has 1 amide bonds. The van der Waals surface area contributed by atoms with Crippen LogP contribution in [0.4, 0.5) is 0 Å². The third kappa shape index (κ3) is 4.48. The highest BCUT2D eigenvalue weighted by Gasteiger charge is 2.21. The molecule has 0 aliphatic heterocycles. The molecule has 1 aromatic heterocycles. The Morgan fingerprint density at radius 2 is 2.12 bits per heavy atom. The zero-order valence-corrected chi connectivity index (χ0v) is 15.4. The lowest BCUT2D eigenvalue weighted by Gasteiger charge is -2.16. The summed E-state index contributed by atoms with van der Waals surface area (Å²) in [4.78, 5) is 26.0. The van der Waals surface area contributed by atoms with E-state index in [1.165, 1.54) is 28.2 Å². The molecule has 0 unspecified atom stereocenters. The van der Waals surface area contributed by atoms with E-state index in [4.69, 9.17) is 4.74 Å². The van der Waals surface area contributed by atoms with Crippen LogP contribution in [0.15, 0.2) is 30.3 Å². The van der Waals surface area contributed by atoms with Gasteiger partial charge in [0.1, 0.15) is 4.88 Å². The smallest absolute Gasteiger partial charge is 0.348 e. The lowest BCUT2D eigenvalue weighted by molar-refractivity contribution is -0.124. The summed E-state index contributed by atoms with van der Waals surface area (Å²) in [5.41, 5.74) is 3.44. The molecule has 132 valence electrons. The molecule has 0 saturated carbocycles. The number of carbonyl (C=O) groups is 2. The number of carbonyl (C=O) groups excluding carboxylic acids is 2. The van der Waals surface area contributed by atoms with Crippen molar-refractivity contribution in [2.24, 2.45) is 5.92 Å². The van der Waals surface area contributed by atoms with Crippen molar-refractivity contribution in [1.82, 2.24) is 5.32 Å². The zero-order valence-electron chi connectivity index (χ0n) is 14.6. The lowest BCUT2D eigenvalue weighted by Crippen LogP contribution is -2.28. The molecule has 5 heteroatoms. The Morgan fingerprint density at radius 3 is 2.92 bits per heavy atom. The van der Waals surface area contributed by atoms with Gasteiger partial charge in [0.25, 0.3) is 5.91 Å². The number of amides is 1. The number of nitrogens with one attached hydrogen (secondary N) is 1. The van der Waals surface area contributed by atoms with Crippen molar-refractivity contribution in [3.05, 3.63) is 56.8 Å². The normalized spacial score (nSPS) is 16.2. The summed E-state index contributed by atoms with van der Waals surface area (Å²) in [6, 6.07) is 9.81. The molecule has 1 aromatic carbocycles. The maximum Gasteiger partial charge on any atom is 0.348 e. The number of aryl methyl sites for hydroxylation is 2. The van der Waals surface area contributed by atoms with Crippen LogP contribution in [0.2, 0.25) is 0 Å². The minimum Gasteiger partial charge on any atom is -0.451 e. The molecule has 0 saturated heterocycles. The summed E-state index contributed by atoms with van der Waals surface area (Å²) in [7, 11) is 0. The van der Waals surface area contributed by atoms with Crippen molar-refractivity contribution in [3.63, 3.8) is 0 Å². The van der Waals surface area contributed by atoms with Gasteiger partial charge < -0.3 is 10.1 Å². The fraction of sp³-hybridized carbons (Fsp3) is 0.400. The molecule has 2 aromatic rings. The lowest BCUT2D eigenvalue weighted by atomic mass is 9.90. The standard InChI is InChI=1S/C20H23NO3S/c1-13-7-8-17-16(9-13)10-18(25-17)20(23)24-12-19(22)21-11-15-6-4-3-5-14(15)2/h3-6,10,13H,7-9,11-12H2,1-2H3,(H,21,22)/t13-/m1/s1. The van der Waals surface area contributed by atoms with Crippen LogP contribution in [0.3, 0.4) is 0 Å². The highest BCUT2D eigenvalue weighted by atomic mass is 32.1. The molecule has 0 spiro atoms. The summed E-state index contributed by atoms with van der Waals surface area (Å²) >= 11 is 1.50. The van der Waals surface area contributed by atoms with E-state index >= 15 is 0 Å². The molecule has 4 nitrogen and oxygen atoms in total. The van der Waals surface area contributed by atoms with Gasteiger partial charge in [-0.05, 0) is 54.9 Å². The van der Waals surface area contributed by atoms with Gasteiger partial charge in [-0.3, -0.25) is 4.79 Å². The number of thiophene rings is 1. The van der Waals surface area contributed by atoms with Gasteiger partial charge in [-0.25, -0.2) is 4.79 Å². The van der Waals surface area contributed by atoms with Crippen LogP contribution in [0, 0.1) is 12.8 Å². The SMILES string of the molecule is Cc1ccccc1CNC(=O)COC(=O)c1cc2c(s1)CC[C@@H](C)C2. The molecule has 1 heterocycles. The van der Waals surface area contributed by atoms with Crippen molar-refractivity contribution in [2.45, 2.75) is 39.7 Å². The highest BCUT2D eigenvalue weighted by Crippen LogP contribution is 2.32. The van der Waals surface area contributed by atoms with E-state index in [0.29, 0.717) is 17.3 Å². The first-order chi connectivity index (χ1) is 12.0. The van der Waals surface area contributed by atoms with Crippen molar-refractivity contribution >= 4 is 23.2 Å². The van der Waals surface area contributed by atoms with E-state index in [0.717, 1.165) is 24.0 Å². The summed E-state index contributed by atoms with van der Waals surface area (Å²) in [6.45, 7) is 4.43. The average Bonchev–Trinajstić information content (AvgIpc) is 3.02. The minimum atomic E-state index is -0.405. The Bertz CT molecular complexity index is 781. The van der Waals surface area contributed by atoms with Gasteiger partial charge in [-0.2, -0.15) is 0 Å². The van der Waals surface area contributed by atoms with E-state index in [2.05, 4.69) is 12.2 Å². The molecule has 0 bridgehead atoms. The van der Waals surface area contributed by atoms with Crippen LogP contribution in [-0.4, -0.2) is 18.5 Å². The van der Waals surface area contributed by atoms with Crippen molar-refractivity contribution in [1.29, 1.82) is 0 Å². The van der Waals surface area contributed by atoms with Gasteiger partial charge in [0.2, 0.25) is 0 Å². The average molecular weight is 357 g/mol. The molecule has 0 fully saturated rings. The molecular formula is C20H23NO3S. The molecule has 3 rings (SSSR count). The van der Waals surface area contributed by atoms with Gasteiger partial charge in [0, 0.05) is 11.4 Å².